The molecule has 2 aromatic carbocycles. The van der Waals surface area contributed by atoms with Crippen LogP contribution in [0.3, 0.4) is 0 Å². The van der Waals surface area contributed by atoms with Crippen LogP contribution in [0.2, 0.25) is 0 Å². The van der Waals surface area contributed by atoms with Crippen molar-refractivity contribution in [2.45, 2.75) is 17.7 Å². The Hall–Kier alpha value is -1.97. The van der Waals surface area contributed by atoms with Gasteiger partial charge in [-0.3, -0.25) is 9.52 Å². The molecule has 1 heterocycles. The number of fused-ring (bicyclic) bond motifs is 1. The van der Waals surface area contributed by atoms with Gasteiger partial charge in [-0.2, -0.15) is 4.31 Å². The predicted octanol–water partition coefficient (Wildman–Crippen LogP) is 1.32. The molecule has 0 unspecified atom stereocenters. The Morgan fingerprint density at radius 1 is 1.00 bits per heavy atom. The van der Waals surface area contributed by atoms with E-state index in [0.717, 1.165) is 17.0 Å². The number of amides is 1. The quantitative estimate of drug-likeness (QED) is 0.840. The molecule has 1 aliphatic rings. The van der Waals surface area contributed by atoms with Crippen LogP contribution in [0.1, 0.15) is 12.8 Å². The molecule has 0 bridgehead atoms. The van der Waals surface area contributed by atoms with Gasteiger partial charge in [0.2, 0.25) is 26.0 Å². The summed E-state index contributed by atoms with van der Waals surface area (Å²) in [4.78, 5) is 12.1. The van der Waals surface area contributed by atoms with Crippen LogP contribution in [0, 0.1) is 5.92 Å². The van der Waals surface area contributed by atoms with Crippen LogP contribution in [-0.2, 0) is 24.8 Å². The van der Waals surface area contributed by atoms with E-state index in [1.165, 1.54) is 4.31 Å². The van der Waals surface area contributed by atoms with E-state index in [9.17, 15) is 21.6 Å². The van der Waals surface area contributed by atoms with Crippen LogP contribution in [0.5, 0.6) is 0 Å². The topological polar surface area (TPSA) is 101 Å². The van der Waals surface area contributed by atoms with E-state index in [1.807, 2.05) is 29.0 Å². The van der Waals surface area contributed by atoms with Crippen molar-refractivity contribution in [2.24, 2.45) is 5.92 Å². The van der Waals surface area contributed by atoms with Gasteiger partial charge >= 0.3 is 0 Å². The second kappa shape index (κ2) is 6.98. The third kappa shape index (κ3) is 4.05. The van der Waals surface area contributed by atoms with Gasteiger partial charge in [0.15, 0.2) is 0 Å². The van der Waals surface area contributed by atoms with Crippen LogP contribution in [0.15, 0.2) is 47.4 Å². The van der Waals surface area contributed by atoms with Crippen LogP contribution in [0.4, 0.5) is 0 Å². The Morgan fingerprint density at radius 3 is 2.23 bits per heavy atom. The van der Waals surface area contributed by atoms with Crippen LogP contribution < -0.4 is 4.72 Å². The molecule has 140 valence electrons. The summed E-state index contributed by atoms with van der Waals surface area (Å²) in [6.45, 7) is 0.355. The molecular formula is C17H20N2O5S2. The molecule has 0 aromatic heterocycles. The summed E-state index contributed by atoms with van der Waals surface area (Å²) in [6, 6.07) is 12.5. The molecule has 1 N–H and O–H groups in total. The zero-order valence-corrected chi connectivity index (χ0v) is 15.9. The molecule has 3 rings (SSSR count). The Kier molecular flexibility index (Phi) is 5.05. The lowest BCUT2D eigenvalue weighted by Crippen LogP contribution is -2.44. The molecule has 1 aliphatic heterocycles. The number of carbonyl (C=O) groups is 1. The van der Waals surface area contributed by atoms with Crippen LogP contribution in [0.25, 0.3) is 10.8 Å². The van der Waals surface area contributed by atoms with Crippen molar-refractivity contribution in [3.05, 3.63) is 42.5 Å². The number of nitrogens with zero attached hydrogens (tertiary/aromatic N) is 1. The molecule has 1 fully saturated rings. The van der Waals surface area contributed by atoms with Crippen molar-refractivity contribution >= 4 is 36.7 Å². The molecule has 1 saturated heterocycles. The highest BCUT2D eigenvalue weighted by atomic mass is 32.2. The highest BCUT2D eigenvalue weighted by Gasteiger charge is 2.32. The first-order valence-corrected chi connectivity index (χ1v) is 11.5. The molecule has 2 aromatic rings. The molecule has 0 saturated carbocycles. The molecule has 0 radical (unpaired) electrons. The third-order valence-corrected chi connectivity index (χ3v) is 6.94. The molecule has 0 aliphatic carbocycles. The fraction of sp³-hybridized carbons (Fsp3) is 0.353. The standard InChI is InChI=1S/C17H20N2O5S2/c1-25(21,22)18-17(20)14-8-10-19(11-9-14)26(23,24)16-7-6-13-4-2-3-5-15(13)12-16/h2-7,12,14H,8-11H2,1H3,(H,18,20). The van der Waals surface area contributed by atoms with Gasteiger partial charge < -0.3 is 0 Å². The molecule has 26 heavy (non-hydrogen) atoms. The van der Waals surface area contributed by atoms with Gasteiger partial charge in [-0.25, -0.2) is 16.8 Å². The zero-order valence-electron chi connectivity index (χ0n) is 14.3. The molecule has 1 amide bonds. The average molecular weight is 396 g/mol. The van der Waals surface area contributed by atoms with Crippen molar-refractivity contribution in [2.75, 3.05) is 19.3 Å². The molecular weight excluding hydrogens is 376 g/mol. The predicted molar refractivity (Wildman–Crippen MR) is 98.4 cm³/mol. The summed E-state index contributed by atoms with van der Waals surface area (Å²) in [6.07, 6.45) is 1.49. The van der Waals surface area contributed by atoms with Gasteiger partial charge in [0.25, 0.3) is 0 Å². The van der Waals surface area contributed by atoms with Gasteiger partial charge in [-0.15, -0.1) is 0 Å². The SMILES string of the molecule is CS(=O)(=O)NC(=O)C1CCN(S(=O)(=O)c2ccc3ccccc3c2)CC1. The lowest BCUT2D eigenvalue weighted by Gasteiger charge is -2.30. The maximum absolute atomic E-state index is 12.9. The minimum atomic E-state index is -3.65. The first kappa shape index (κ1) is 18.8. The van der Waals surface area contributed by atoms with Crippen molar-refractivity contribution in [3.63, 3.8) is 0 Å². The second-order valence-electron chi connectivity index (χ2n) is 6.43. The zero-order chi connectivity index (χ0) is 18.9. The molecule has 7 nitrogen and oxygen atoms in total. The molecule has 9 heteroatoms. The highest BCUT2D eigenvalue weighted by molar-refractivity contribution is 7.89. The summed E-state index contributed by atoms with van der Waals surface area (Å²) in [7, 11) is -7.26. The van der Waals surface area contributed by atoms with Gasteiger partial charge in [0.1, 0.15) is 0 Å². The Labute approximate surface area is 153 Å². The first-order chi connectivity index (χ1) is 12.2. The van der Waals surface area contributed by atoms with E-state index in [0.29, 0.717) is 0 Å². The van der Waals surface area contributed by atoms with Crippen molar-refractivity contribution < 1.29 is 21.6 Å². The van der Waals surface area contributed by atoms with Gasteiger partial charge in [-0.05, 0) is 35.7 Å². The highest BCUT2D eigenvalue weighted by Crippen LogP contribution is 2.26. The van der Waals surface area contributed by atoms with E-state index < -0.39 is 31.9 Å². The maximum Gasteiger partial charge on any atom is 0.243 e. The van der Waals surface area contributed by atoms with Crippen molar-refractivity contribution in [3.8, 4) is 0 Å². The minimum absolute atomic E-state index is 0.178. The summed E-state index contributed by atoms with van der Waals surface area (Å²) < 4.78 is 51.4. The maximum atomic E-state index is 12.9. The number of nitrogens with one attached hydrogen (secondary N) is 1. The van der Waals surface area contributed by atoms with Crippen molar-refractivity contribution in [1.82, 2.24) is 9.03 Å². The number of hydrogen-bond acceptors (Lipinski definition) is 5. The lowest BCUT2D eigenvalue weighted by atomic mass is 9.98. The summed E-state index contributed by atoms with van der Waals surface area (Å²) in [5.41, 5.74) is 0. The summed E-state index contributed by atoms with van der Waals surface area (Å²) >= 11 is 0. The van der Waals surface area contributed by atoms with Gasteiger partial charge in [-0.1, -0.05) is 30.3 Å². The second-order valence-corrected chi connectivity index (χ2v) is 10.1. The Morgan fingerprint density at radius 2 is 1.62 bits per heavy atom. The fourth-order valence-corrected chi connectivity index (χ4v) is 5.14. The summed E-state index contributed by atoms with van der Waals surface area (Å²) in [5.74, 6) is -1.08. The summed E-state index contributed by atoms with van der Waals surface area (Å²) in [5, 5.41) is 1.80. The normalized spacial score (nSPS) is 17.3. The third-order valence-electron chi connectivity index (χ3n) is 4.47. The molecule has 0 atom stereocenters. The van der Waals surface area contributed by atoms with Crippen molar-refractivity contribution in [1.29, 1.82) is 0 Å². The van der Waals surface area contributed by atoms with E-state index in [4.69, 9.17) is 0 Å². The monoisotopic (exact) mass is 396 g/mol. The number of rotatable bonds is 4. The number of carbonyl (C=O) groups excluding carboxylic acids is 1. The number of benzene rings is 2. The van der Waals surface area contributed by atoms with Gasteiger partial charge in [0.05, 0.1) is 11.2 Å². The lowest BCUT2D eigenvalue weighted by molar-refractivity contribution is -0.124. The number of sulfonamides is 2. The fourth-order valence-electron chi connectivity index (χ4n) is 3.10. The minimum Gasteiger partial charge on any atom is -0.274 e. The molecule has 0 spiro atoms. The number of hydrogen-bond donors (Lipinski definition) is 1. The Bertz CT molecular complexity index is 1040. The van der Waals surface area contributed by atoms with E-state index in [2.05, 4.69) is 0 Å². The largest absolute Gasteiger partial charge is 0.274 e. The van der Waals surface area contributed by atoms with E-state index in [1.54, 1.807) is 18.2 Å². The van der Waals surface area contributed by atoms with E-state index >= 15 is 0 Å². The smallest absolute Gasteiger partial charge is 0.243 e. The Balaban J connectivity index is 1.74. The van der Waals surface area contributed by atoms with Crippen LogP contribution in [-0.4, -0.2) is 46.4 Å². The van der Waals surface area contributed by atoms with Gasteiger partial charge in [0, 0.05) is 19.0 Å². The average Bonchev–Trinajstić information content (AvgIpc) is 2.60. The number of piperidine rings is 1. The van der Waals surface area contributed by atoms with E-state index in [-0.39, 0.29) is 30.8 Å². The first-order valence-electron chi connectivity index (χ1n) is 8.17. The van der Waals surface area contributed by atoms with Crippen LogP contribution >= 0.6 is 0 Å².